The molecule has 154 valence electrons. The van der Waals surface area contributed by atoms with Crippen LogP contribution in [0.1, 0.15) is 41.9 Å². The predicted octanol–water partition coefficient (Wildman–Crippen LogP) is 5.43. The Labute approximate surface area is 176 Å². The van der Waals surface area contributed by atoms with Gasteiger partial charge in [-0.15, -0.1) is 0 Å². The van der Waals surface area contributed by atoms with Crippen LogP contribution in [0.15, 0.2) is 54.6 Å². The number of aryl methyl sites for hydroxylation is 1. The monoisotopic (exact) mass is 394 g/mol. The molecule has 3 aromatic carbocycles. The largest absolute Gasteiger partial charge is 0.444 e. The molecular weight excluding hydrogens is 360 g/mol. The molecule has 0 bridgehead atoms. The number of amides is 1. The second kappa shape index (κ2) is 9.75. The summed E-state index contributed by atoms with van der Waals surface area (Å²) in [4.78, 5) is 11.7. The van der Waals surface area contributed by atoms with Gasteiger partial charge in [-0.2, -0.15) is 0 Å². The molecule has 3 rings (SSSR count). The van der Waals surface area contributed by atoms with Crippen LogP contribution in [0.2, 0.25) is 0 Å². The Kier molecular flexibility index (Phi) is 6.20. The number of carbonyl (C=O) groups excluding carboxylic acids is 1. The van der Waals surface area contributed by atoms with E-state index in [1.807, 2.05) is 45.0 Å². The average Bonchev–Trinajstić information content (AvgIpc) is 2.69. The van der Waals surface area contributed by atoms with E-state index in [0.717, 1.165) is 27.1 Å². The van der Waals surface area contributed by atoms with Crippen LogP contribution in [0.5, 0.6) is 0 Å². The van der Waals surface area contributed by atoms with E-state index < -0.39 is 18.1 Å². The van der Waals surface area contributed by atoms with Gasteiger partial charge >= 0.3 is 6.09 Å². The van der Waals surface area contributed by atoms with Crippen molar-refractivity contribution in [1.82, 2.24) is 10.6 Å². The molecule has 0 aliphatic carbocycles. The van der Waals surface area contributed by atoms with E-state index in [4.69, 9.17) is 7.48 Å². The van der Waals surface area contributed by atoms with Gasteiger partial charge in [-0.25, -0.2) is 4.79 Å². The predicted molar refractivity (Wildman–Crippen MR) is 121 cm³/mol. The van der Waals surface area contributed by atoms with Crippen molar-refractivity contribution in [3.05, 3.63) is 60.2 Å². The number of benzene rings is 3. The van der Waals surface area contributed by atoms with E-state index in [1.165, 1.54) is 0 Å². The summed E-state index contributed by atoms with van der Waals surface area (Å²) in [5.41, 5.74) is 0.538. The lowest BCUT2D eigenvalue weighted by Crippen LogP contribution is -2.34. The van der Waals surface area contributed by atoms with Crippen LogP contribution in [0.3, 0.4) is 0 Å². The molecule has 0 unspecified atom stereocenters. The Morgan fingerprint density at radius 1 is 0.966 bits per heavy atom. The summed E-state index contributed by atoms with van der Waals surface area (Å²) >= 11 is 0. The van der Waals surface area contributed by atoms with Crippen LogP contribution in [-0.4, -0.2) is 31.3 Å². The molecule has 0 saturated carbocycles. The SMILES string of the molecule is [2H]C([2H])(CNCCCNC(=O)OC(C)(C)C)Cc1c2ccccc2cc2ccccc12. The van der Waals surface area contributed by atoms with Gasteiger partial charge in [0.1, 0.15) is 5.60 Å². The summed E-state index contributed by atoms with van der Waals surface area (Å²) < 4.78 is 22.4. The third kappa shape index (κ3) is 6.20. The van der Waals surface area contributed by atoms with Crippen molar-refractivity contribution in [1.29, 1.82) is 0 Å². The normalized spacial score (nSPS) is 13.2. The van der Waals surface area contributed by atoms with Gasteiger partial charge < -0.3 is 15.4 Å². The average molecular weight is 395 g/mol. The Morgan fingerprint density at radius 3 is 2.21 bits per heavy atom. The van der Waals surface area contributed by atoms with Gasteiger partial charge in [0.25, 0.3) is 0 Å². The minimum atomic E-state index is -1.40. The highest BCUT2D eigenvalue weighted by atomic mass is 16.6. The molecule has 29 heavy (non-hydrogen) atoms. The fourth-order valence-electron chi connectivity index (χ4n) is 3.38. The summed E-state index contributed by atoms with van der Waals surface area (Å²) in [6.07, 6.45) is -0.790. The number of hydrogen-bond acceptors (Lipinski definition) is 3. The first-order valence-electron chi connectivity index (χ1n) is 11.2. The summed E-state index contributed by atoms with van der Waals surface area (Å²) in [6, 6.07) is 18.5. The summed E-state index contributed by atoms with van der Waals surface area (Å²) in [6.45, 7) is 6.83. The Bertz CT molecular complexity index is 991. The first-order valence-corrected chi connectivity index (χ1v) is 10.2. The zero-order valence-corrected chi connectivity index (χ0v) is 17.5. The van der Waals surface area contributed by atoms with Crippen molar-refractivity contribution < 1.29 is 12.3 Å². The molecule has 0 saturated heterocycles. The summed E-state index contributed by atoms with van der Waals surface area (Å²) in [5.74, 6) is 0. The molecule has 0 heterocycles. The molecular formula is C25H32N2O2. The first-order chi connectivity index (χ1) is 14.6. The molecule has 0 fully saturated rings. The van der Waals surface area contributed by atoms with Gasteiger partial charge in [0.05, 0.1) is 0 Å². The lowest BCUT2D eigenvalue weighted by atomic mass is 9.94. The number of carbonyl (C=O) groups is 1. The molecule has 4 nitrogen and oxygen atoms in total. The fraction of sp³-hybridized carbons (Fsp3) is 0.400. The highest BCUT2D eigenvalue weighted by Gasteiger charge is 2.15. The quantitative estimate of drug-likeness (QED) is 0.396. The van der Waals surface area contributed by atoms with Gasteiger partial charge in [0.15, 0.2) is 0 Å². The van der Waals surface area contributed by atoms with Crippen LogP contribution in [-0.2, 0) is 11.2 Å². The molecule has 1 amide bonds. The van der Waals surface area contributed by atoms with E-state index in [1.54, 1.807) is 0 Å². The summed E-state index contributed by atoms with van der Waals surface area (Å²) in [5, 5.41) is 10.4. The van der Waals surface area contributed by atoms with Crippen LogP contribution >= 0.6 is 0 Å². The van der Waals surface area contributed by atoms with Crippen molar-refractivity contribution in [3.63, 3.8) is 0 Å². The number of nitrogens with one attached hydrogen (secondary N) is 2. The van der Waals surface area contributed by atoms with Crippen LogP contribution in [0.25, 0.3) is 21.5 Å². The van der Waals surface area contributed by atoms with E-state index in [2.05, 4.69) is 41.0 Å². The standard InChI is InChI=1S/C25H32N2O2/c1-25(2,3)29-24(28)27-17-9-16-26-15-8-14-23-21-12-6-4-10-19(21)18-20-11-5-7-13-22(20)23/h4-7,10-13,18,26H,8-9,14-17H2,1-3H3,(H,27,28)/i8D2. The molecule has 0 atom stereocenters. The third-order valence-electron chi connectivity index (χ3n) is 4.63. The summed E-state index contributed by atoms with van der Waals surface area (Å²) in [7, 11) is 0. The number of rotatable bonds is 8. The van der Waals surface area contributed by atoms with Gasteiger partial charge in [-0.3, -0.25) is 0 Å². The van der Waals surface area contributed by atoms with E-state index in [-0.39, 0.29) is 6.54 Å². The van der Waals surface area contributed by atoms with Gasteiger partial charge in [-0.05, 0) is 86.3 Å². The van der Waals surface area contributed by atoms with Gasteiger partial charge in [0, 0.05) is 9.29 Å². The molecule has 0 radical (unpaired) electrons. The zero-order chi connectivity index (χ0) is 22.5. The molecule has 3 aromatic rings. The molecule has 0 spiro atoms. The zero-order valence-electron chi connectivity index (χ0n) is 19.5. The van der Waals surface area contributed by atoms with Crippen LogP contribution < -0.4 is 10.6 Å². The first kappa shape index (κ1) is 18.4. The Morgan fingerprint density at radius 2 is 1.59 bits per heavy atom. The second-order valence-corrected chi connectivity index (χ2v) is 8.18. The second-order valence-electron chi connectivity index (χ2n) is 8.18. The van der Waals surface area contributed by atoms with Gasteiger partial charge in [-0.1, -0.05) is 48.5 Å². The van der Waals surface area contributed by atoms with Gasteiger partial charge in [0.2, 0.25) is 0 Å². The molecule has 0 aromatic heterocycles. The Hall–Kier alpha value is -2.59. The maximum Gasteiger partial charge on any atom is 0.407 e. The molecule has 2 N–H and O–H groups in total. The lowest BCUT2D eigenvalue weighted by Gasteiger charge is -2.19. The van der Waals surface area contributed by atoms with Crippen molar-refractivity contribution in [2.75, 3.05) is 19.6 Å². The topological polar surface area (TPSA) is 50.4 Å². The van der Waals surface area contributed by atoms with Crippen molar-refractivity contribution in [2.45, 2.75) is 45.6 Å². The van der Waals surface area contributed by atoms with Crippen molar-refractivity contribution in [2.24, 2.45) is 0 Å². The highest BCUT2D eigenvalue weighted by molar-refractivity contribution is 6.02. The number of hydrogen-bond donors (Lipinski definition) is 2. The van der Waals surface area contributed by atoms with E-state index in [9.17, 15) is 4.79 Å². The fourth-order valence-corrected chi connectivity index (χ4v) is 3.38. The maximum atomic E-state index is 11.7. The van der Waals surface area contributed by atoms with E-state index in [0.29, 0.717) is 25.9 Å². The minimum absolute atomic E-state index is 0.247. The molecule has 4 heteroatoms. The third-order valence-corrected chi connectivity index (χ3v) is 4.63. The number of fused-ring (bicyclic) bond motifs is 2. The highest BCUT2D eigenvalue weighted by Crippen LogP contribution is 2.29. The van der Waals surface area contributed by atoms with Crippen LogP contribution in [0, 0.1) is 0 Å². The Balaban J connectivity index is 1.57. The smallest absolute Gasteiger partial charge is 0.407 e. The number of alkyl carbamates (subject to hydrolysis) is 1. The number of ether oxygens (including phenoxy) is 1. The molecule has 0 aliphatic heterocycles. The van der Waals surface area contributed by atoms with E-state index >= 15 is 0 Å². The minimum Gasteiger partial charge on any atom is -0.444 e. The lowest BCUT2D eigenvalue weighted by molar-refractivity contribution is 0.0527. The maximum absolute atomic E-state index is 11.7. The van der Waals surface area contributed by atoms with Crippen LogP contribution in [0.4, 0.5) is 4.79 Å². The van der Waals surface area contributed by atoms with Crippen molar-refractivity contribution >= 4 is 27.6 Å². The van der Waals surface area contributed by atoms with Crippen molar-refractivity contribution in [3.8, 4) is 0 Å². The molecule has 0 aliphatic rings.